The molecular weight excluding hydrogens is 266 g/mol. The topological polar surface area (TPSA) is 32.3 Å². The van der Waals surface area contributed by atoms with Gasteiger partial charge in [0.05, 0.1) is 0 Å². The fraction of sp³-hybridized carbons (Fsp3) is 0.538. The minimum atomic E-state index is 0. The molecule has 2 nitrogen and oxygen atoms in total. The fourth-order valence-corrected chi connectivity index (χ4v) is 3.14. The van der Waals surface area contributed by atoms with Crippen LogP contribution in [-0.2, 0) is 6.42 Å². The summed E-state index contributed by atoms with van der Waals surface area (Å²) in [6.07, 6.45) is 4.73. The monoisotopic (exact) mass is 283 g/mol. The first kappa shape index (κ1) is 11.9. The molecule has 0 radical (unpaired) electrons. The first-order valence-corrected chi connectivity index (χ1v) is 5.90. The number of aromatic hydroxyl groups is 1. The zero-order valence-electron chi connectivity index (χ0n) is 9.28. The molecule has 2 atom stereocenters. The number of fused-ring (bicyclic) bond motifs is 3. The maximum atomic E-state index is 9.83. The number of halogens is 1. The van der Waals surface area contributed by atoms with Crippen LogP contribution in [0.3, 0.4) is 0 Å². The highest BCUT2D eigenvalue weighted by atomic mass is 79.9. The standard InChI is InChI=1S/C13H17NO.BrH/c15-13-5-1-3-9-10-4-2-8-14-12(10)7-6-11(9)13;/h1,3,5,10,12,14-15H,2,4,6-8H2;1H/t10-,12-;/m0./s1. The van der Waals surface area contributed by atoms with Crippen LogP contribution < -0.4 is 5.32 Å². The summed E-state index contributed by atoms with van der Waals surface area (Å²) in [7, 11) is 0. The van der Waals surface area contributed by atoms with Gasteiger partial charge in [0.25, 0.3) is 0 Å². The molecule has 1 aromatic rings. The van der Waals surface area contributed by atoms with Gasteiger partial charge in [0.15, 0.2) is 0 Å². The van der Waals surface area contributed by atoms with E-state index in [4.69, 9.17) is 0 Å². The van der Waals surface area contributed by atoms with Crippen molar-refractivity contribution in [3.05, 3.63) is 29.3 Å². The molecule has 2 aliphatic rings. The number of hydrogen-bond acceptors (Lipinski definition) is 2. The smallest absolute Gasteiger partial charge is 0.119 e. The lowest BCUT2D eigenvalue weighted by Crippen LogP contribution is -2.42. The highest BCUT2D eigenvalue weighted by molar-refractivity contribution is 8.93. The summed E-state index contributed by atoms with van der Waals surface area (Å²) < 4.78 is 0. The van der Waals surface area contributed by atoms with Gasteiger partial charge in [-0.25, -0.2) is 0 Å². The molecule has 0 saturated carbocycles. The van der Waals surface area contributed by atoms with Crippen molar-refractivity contribution in [2.24, 2.45) is 0 Å². The molecule has 0 spiro atoms. The summed E-state index contributed by atoms with van der Waals surface area (Å²) in [5, 5.41) is 13.4. The van der Waals surface area contributed by atoms with E-state index in [1.807, 2.05) is 12.1 Å². The van der Waals surface area contributed by atoms with Crippen LogP contribution >= 0.6 is 17.0 Å². The molecule has 1 aliphatic carbocycles. The lowest BCUT2D eigenvalue weighted by molar-refractivity contribution is 0.315. The minimum absolute atomic E-state index is 0. The molecule has 3 heteroatoms. The maximum Gasteiger partial charge on any atom is 0.119 e. The highest BCUT2D eigenvalue weighted by Gasteiger charge is 2.32. The molecule has 1 aromatic carbocycles. The number of phenols is 1. The van der Waals surface area contributed by atoms with Gasteiger partial charge in [-0.3, -0.25) is 0 Å². The first-order valence-electron chi connectivity index (χ1n) is 5.90. The fourth-order valence-electron chi connectivity index (χ4n) is 3.14. The molecule has 0 aromatic heterocycles. The van der Waals surface area contributed by atoms with Crippen LogP contribution in [0.2, 0.25) is 0 Å². The molecular formula is C13H18BrNO. The Bertz CT molecular complexity index is 380. The summed E-state index contributed by atoms with van der Waals surface area (Å²) in [6, 6.07) is 6.63. The molecule has 2 N–H and O–H groups in total. The molecule has 0 amide bonds. The number of piperidine rings is 1. The van der Waals surface area contributed by atoms with E-state index in [0.717, 1.165) is 13.0 Å². The van der Waals surface area contributed by atoms with Crippen molar-refractivity contribution in [2.75, 3.05) is 6.54 Å². The molecule has 1 fully saturated rings. The van der Waals surface area contributed by atoms with E-state index in [0.29, 0.717) is 17.7 Å². The minimum Gasteiger partial charge on any atom is -0.508 e. The van der Waals surface area contributed by atoms with Crippen LogP contribution in [-0.4, -0.2) is 17.7 Å². The molecule has 0 bridgehead atoms. The molecule has 1 aliphatic heterocycles. The van der Waals surface area contributed by atoms with E-state index in [1.165, 1.54) is 30.4 Å². The van der Waals surface area contributed by atoms with Gasteiger partial charge >= 0.3 is 0 Å². The van der Waals surface area contributed by atoms with Crippen molar-refractivity contribution >= 4 is 17.0 Å². The third kappa shape index (κ3) is 1.87. The quantitative estimate of drug-likeness (QED) is 0.768. The van der Waals surface area contributed by atoms with Crippen molar-refractivity contribution in [1.29, 1.82) is 0 Å². The van der Waals surface area contributed by atoms with Crippen molar-refractivity contribution in [3.8, 4) is 5.75 Å². The van der Waals surface area contributed by atoms with E-state index in [1.54, 1.807) is 0 Å². The summed E-state index contributed by atoms with van der Waals surface area (Å²) in [5.41, 5.74) is 2.58. The van der Waals surface area contributed by atoms with Crippen LogP contribution in [0.1, 0.15) is 36.3 Å². The third-order valence-corrected chi connectivity index (χ3v) is 3.88. The number of rotatable bonds is 0. The van der Waals surface area contributed by atoms with Crippen LogP contribution in [0.15, 0.2) is 18.2 Å². The predicted octanol–water partition coefficient (Wildman–Crippen LogP) is 2.75. The predicted molar refractivity (Wildman–Crippen MR) is 70.5 cm³/mol. The number of hydrogen-bond donors (Lipinski definition) is 2. The van der Waals surface area contributed by atoms with E-state index in [2.05, 4.69) is 11.4 Å². The number of nitrogens with one attached hydrogen (secondary N) is 1. The second-order valence-corrected chi connectivity index (χ2v) is 4.69. The van der Waals surface area contributed by atoms with Gasteiger partial charge in [-0.2, -0.15) is 0 Å². The molecule has 0 unspecified atom stereocenters. The average Bonchev–Trinajstić information content (AvgIpc) is 2.29. The second-order valence-electron chi connectivity index (χ2n) is 4.69. The SMILES string of the molecule is Br.Oc1cccc2c1CC[C@@H]1NCCC[C@@H]21. The summed E-state index contributed by atoms with van der Waals surface area (Å²) in [6.45, 7) is 1.16. The van der Waals surface area contributed by atoms with Gasteiger partial charge in [0.2, 0.25) is 0 Å². The lowest BCUT2D eigenvalue weighted by Gasteiger charge is -2.38. The zero-order valence-corrected chi connectivity index (χ0v) is 11.0. The Labute approximate surface area is 107 Å². The second kappa shape index (κ2) is 4.76. The van der Waals surface area contributed by atoms with Crippen molar-refractivity contribution < 1.29 is 5.11 Å². The lowest BCUT2D eigenvalue weighted by atomic mass is 9.75. The van der Waals surface area contributed by atoms with Gasteiger partial charge in [-0.15, -0.1) is 17.0 Å². The van der Waals surface area contributed by atoms with Gasteiger partial charge in [0.1, 0.15) is 5.75 Å². The van der Waals surface area contributed by atoms with E-state index >= 15 is 0 Å². The maximum absolute atomic E-state index is 9.83. The van der Waals surface area contributed by atoms with E-state index in [-0.39, 0.29) is 17.0 Å². The summed E-state index contributed by atoms with van der Waals surface area (Å²) in [4.78, 5) is 0. The Morgan fingerprint density at radius 3 is 3.00 bits per heavy atom. The highest BCUT2D eigenvalue weighted by Crippen LogP contribution is 2.39. The Balaban J connectivity index is 0.000000963. The van der Waals surface area contributed by atoms with Crippen molar-refractivity contribution in [2.45, 2.75) is 37.6 Å². The molecule has 1 saturated heterocycles. The van der Waals surface area contributed by atoms with Gasteiger partial charge in [-0.1, -0.05) is 12.1 Å². The normalized spacial score (nSPS) is 27.5. The Hall–Kier alpha value is -0.540. The third-order valence-electron chi connectivity index (χ3n) is 3.88. The van der Waals surface area contributed by atoms with Crippen LogP contribution in [0.4, 0.5) is 0 Å². The van der Waals surface area contributed by atoms with Gasteiger partial charge < -0.3 is 10.4 Å². The van der Waals surface area contributed by atoms with Crippen molar-refractivity contribution in [1.82, 2.24) is 5.32 Å². The van der Waals surface area contributed by atoms with Crippen molar-refractivity contribution in [3.63, 3.8) is 0 Å². The van der Waals surface area contributed by atoms with E-state index in [9.17, 15) is 5.11 Å². The summed E-state index contributed by atoms with van der Waals surface area (Å²) in [5.74, 6) is 1.13. The van der Waals surface area contributed by atoms with Gasteiger partial charge in [0, 0.05) is 6.04 Å². The molecule has 3 rings (SSSR count). The Morgan fingerprint density at radius 2 is 2.12 bits per heavy atom. The van der Waals surface area contributed by atoms with Crippen LogP contribution in [0, 0.1) is 0 Å². The van der Waals surface area contributed by atoms with Gasteiger partial charge in [-0.05, 0) is 55.3 Å². The Morgan fingerprint density at radius 1 is 1.25 bits per heavy atom. The Kier molecular flexibility index (Phi) is 3.55. The molecule has 88 valence electrons. The largest absolute Gasteiger partial charge is 0.508 e. The van der Waals surface area contributed by atoms with Crippen LogP contribution in [0.5, 0.6) is 5.75 Å². The molecule has 1 heterocycles. The number of benzene rings is 1. The first-order chi connectivity index (χ1) is 7.36. The number of phenolic OH excluding ortho intramolecular Hbond substituents is 1. The zero-order chi connectivity index (χ0) is 10.3. The van der Waals surface area contributed by atoms with Crippen LogP contribution in [0.25, 0.3) is 0 Å². The molecule has 16 heavy (non-hydrogen) atoms. The summed E-state index contributed by atoms with van der Waals surface area (Å²) >= 11 is 0. The average molecular weight is 284 g/mol. The van der Waals surface area contributed by atoms with E-state index < -0.39 is 0 Å².